The molecule has 1 heterocycles. The molecule has 3 nitrogen and oxygen atoms in total. The summed E-state index contributed by atoms with van der Waals surface area (Å²) >= 11 is 0. The lowest BCUT2D eigenvalue weighted by Crippen LogP contribution is -2.37. The van der Waals surface area contributed by atoms with E-state index in [1.54, 1.807) is 0 Å². The van der Waals surface area contributed by atoms with Crippen LogP contribution >= 0.6 is 0 Å². The van der Waals surface area contributed by atoms with Crippen molar-refractivity contribution < 1.29 is 9.90 Å². The number of benzene rings is 1. The number of nitrogens with zero attached hydrogens (tertiary/aromatic N) is 1. The second-order valence-electron chi connectivity index (χ2n) is 6.14. The number of hydrogen-bond acceptors (Lipinski definition) is 2. The maximum absolute atomic E-state index is 12.2. The van der Waals surface area contributed by atoms with Gasteiger partial charge in [0.25, 0.3) is 0 Å². The highest BCUT2D eigenvalue weighted by atomic mass is 16.3. The summed E-state index contributed by atoms with van der Waals surface area (Å²) in [4.78, 5) is 14.2. The van der Waals surface area contributed by atoms with Crippen molar-refractivity contribution in [1.29, 1.82) is 0 Å². The second-order valence-corrected chi connectivity index (χ2v) is 6.14. The first-order valence-corrected chi connectivity index (χ1v) is 7.60. The van der Waals surface area contributed by atoms with Crippen molar-refractivity contribution in [2.24, 2.45) is 5.92 Å². The standard InChI is InChI=1S/C17H25NO2/c1-13(2)11-17(20)18-10-6-9-15(18)12-16(19)14-7-4-3-5-8-14/h3-5,7-8,13,15-16,19H,6,9-12H2,1-2H3/t15-,16-/m0/s1. The maximum atomic E-state index is 12.2. The summed E-state index contributed by atoms with van der Waals surface area (Å²) in [7, 11) is 0. The zero-order chi connectivity index (χ0) is 14.5. The van der Waals surface area contributed by atoms with Crippen LogP contribution < -0.4 is 0 Å². The van der Waals surface area contributed by atoms with E-state index in [0.717, 1.165) is 24.9 Å². The molecule has 0 spiro atoms. The summed E-state index contributed by atoms with van der Waals surface area (Å²) in [5.41, 5.74) is 0.940. The van der Waals surface area contributed by atoms with Gasteiger partial charge in [-0.25, -0.2) is 0 Å². The average Bonchev–Trinajstić information content (AvgIpc) is 2.87. The lowest BCUT2D eigenvalue weighted by molar-refractivity contribution is -0.133. The molecule has 0 radical (unpaired) electrons. The number of hydrogen-bond donors (Lipinski definition) is 1. The highest BCUT2D eigenvalue weighted by molar-refractivity contribution is 5.77. The molecule has 1 saturated heterocycles. The Morgan fingerprint density at radius 1 is 1.35 bits per heavy atom. The van der Waals surface area contributed by atoms with Gasteiger partial charge in [-0.1, -0.05) is 44.2 Å². The monoisotopic (exact) mass is 275 g/mol. The van der Waals surface area contributed by atoms with E-state index in [1.165, 1.54) is 0 Å². The molecule has 1 N–H and O–H groups in total. The first kappa shape index (κ1) is 15.0. The van der Waals surface area contributed by atoms with Gasteiger partial charge in [-0.05, 0) is 30.7 Å². The summed E-state index contributed by atoms with van der Waals surface area (Å²) in [6.07, 6.45) is 2.84. The smallest absolute Gasteiger partial charge is 0.223 e. The summed E-state index contributed by atoms with van der Waals surface area (Å²) in [5, 5.41) is 10.3. The van der Waals surface area contributed by atoms with Crippen molar-refractivity contribution in [2.75, 3.05) is 6.54 Å². The molecule has 1 aliphatic heterocycles. The molecule has 0 aliphatic carbocycles. The van der Waals surface area contributed by atoms with Crippen LogP contribution in [0.3, 0.4) is 0 Å². The molecule has 3 heteroatoms. The van der Waals surface area contributed by atoms with E-state index in [0.29, 0.717) is 18.8 Å². The minimum Gasteiger partial charge on any atom is -0.388 e. The van der Waals surface area contributed by atoms with Gasteiger partial charge >= 0.3 is 0 Å². The van der Waals surface area contributed by atoms with Gasteiger partial charge in [0.2, 0.25) is 5.91 Å². The number of rotatable bonds is 5. The van der Waals surface area contributed by atoms with Gasteiger partial charge in [-0.15, -0.1) is 0 Å². The van der Waals surface area contributed by atoms with Gasteiger partial charge in [-0.3, -0.25) is 4.79 Å². The highest BCUT2D eigenvalue weighted by Crippen LogP contribution is 2.28. The Bertz CT molecular complexity index is 430. The molecule has 1 fully saturated rings. The fourth-order valence-electron chi connectivity index (χ4n) is 2.94. The molecule has 1 aliphatic rings. The maximum Gasteiger partial charge on any atom is 0.223 e. The van der Waals surface area contributed by atoms with E-state index in [9.17, 15) is 9.90 Å². The van der Waals surface area contributed by atoms with Gasteiger partial charge in [0.1, 0.15) is 0 Å². The van der Waals surface area contributed by atoms with Crippen molar-refractivity contribution in [2.45, 2.75) is 51.7 Å². The van der Waals surface area contributed by atoms with Gasteiger partial charge in [0, 0.05) is 19.0 Å². The lowest BCUT2D eigenvalue weighted by Gasteiger charge is -2.27. The first-order valence-electron chi connectivity index (χ1n) is 7.60. The van der Waals surface area contributed by atoms with Crippen molar-refractivity contribution in [1.82, 2.24) is 4.90 Å². The zero-order valence-corrected chi connectivity index (χ0v) is 12.5. The van der Waals surface area contributed by atoms with Crippen molar-refractivity contribution >= 4 is 5.91 Å². The van der Waals surface area contributed by atoms with Crippen LogP contribution in [0, 0.1) is 5.92 Å². The molecule has 1 amide bonds. The van der Waals surface area contributed by atoms with E-state index in [-0.39, 0.29) is 11.9 Å². The molecule has 1 aromatic carbocycles. The molecule has 2 rings (SSSR count). The van der Waals surface area contributed by atoms with E-state index < -0.39 is 6.10 Å². The topological polar surface area (TPSA) is 40.5 Å². The first-order chi connectivity index (χ1) is 9.58. The number of carbonyl (C=O) groups is 1. The number of amides is 1. The molecule has 1 aromatic rings. The minimum absolute atomic E-state index is 0.191. The van der Waals surface area contributed by atoms with Gasteiger partial charge in [0.15, 0.2) is 0 Å². The van der Waals surface area contributed by atoms with Crippen molar-refractivity contribution in [3.05, 3.63) is 35.9 Å². The SMILES string of the molecule is CC(C)CC(=O)N1CCC[C@H]1C[C@H](O)c1ccccc1. The van der Waals surface area contributed by atoms with E-state index in [2.05, 4.69) is 13.8 Å². The molecular formula is C17H25NO2. The third-order valence-electron chi connectivity index (χ3n) is 3.96. The zero-order valence-electron chi connectivity index (χ0n) is 12.5. The Morgan fingerprint density at radius 3 is 2.70 bits per heavy atom. The second kappa shape index (κ2) is 6.89. The van der Waals surface area contributed by atoms with Gasteiger partial charge < -0.3 is 10.0 Å². The fraction of sp³-hybridized carbons (Fsp3) is 0.588. The lowest BCUT2D eigenvalue weighted by atomic mass is 10.00. The highest BCUT2D eigenvalue weighted by Gasteiger charge is 2.30. The molecule has 20 heavy (non-hydrogen) atoms. The summed E-state index contributed by atoms with van der Waals surface area (Å²) in [6, 6.07) is 9.91. The molecule has 0 saturated carbocycles. The third kappa shape index (κ3) is 3.83. The van der Waals surface area contributed by atoms with E-state index in [4.69, 9.17) is 0 Å². The summed E-state index contributed by atoms with van der Waals surface area (Å²) in [6.45, 7) is 4.99. The Morgan fingerprint density at radius 2 is 2.05 bits per heavy atom. The molecule has 110 valence electrons. The predicted molar refractivity (Wildman–Crippen MR) is 80.2 cm³/mol. The number of aliphatic hydroxyl groups is 1. The van der Waals surface area contributed by atoms with Crippen LogP contribution in [0.15, 0.2) is 30.3 Å². The average molecular weight is 275 g/mol. The number of likely N-dealkylation sites (tertiary alicyclic amines) is 1. The van der Waals surface area contributed by atoms with Crippen LogP contribution in [0.5, 0.6) is 0 Å². The van der Waals surface area contributed by atoms with Crippen molar-refractivity contribution in [3.8, 4) is 0 Å². The van der Waals surface area contributed by atoms with E-state index in [1.807, 2.05) is 35.2 Å². The molecule has 0 unspecified atom stereocenters. The van der Waals surface area contributed by atoms with Crippen LogP contribution in [-0.2, 0) is 4.79 Å². The Labute approximate surface area is 121 Å². The third-order valence-corrected chi connectivity index (χ3v) is 3.96. The summed E-state index contributed by atoms with van der Waals surface area (Å²) < 4.78 is 0. The molecule has 2 atom stereocenters. The number of carbonyl (C=O) groups excluding carboxylic acids is 1. The molecular weight excluding hydrogens is 250 g/mol. The van der Waals surface area contributed by atoms with Crippen LogP contribution in [0.25, 0.3) is 0 Å². The Kier molecular flexibility index (Phi) is 5.18. The molecule has 0 bridgehead atoms. The molecule has 0 aromatic heterocycles. The van der Waals surface area contributed by atoms with E-state index >= 15 is 0 Å². The largest absolute Gasteiger partial charge is 0.388 e. The van der Waals surface area contributed by atoms with Gasteiger partial charge in [0.05, 0.1) is 6.10 Å². The van der Waals surface area contributed by atoms with Crippen LogP contribution in [0.4, 0.5) is 0 Å². The Balaban J connectivity index is 1.96. The summed E-state index contributed by atoms with van der Waals surface area (Å²) in [5.74, 6) is 0.630. The van der Waals surface area contributed by atoms with Crippen molar-refractivity contribution in [3.63, 3.8) is 0 Å². The normalized spacial score (nSPS) is 20.4. The quantitative estimate of drug-likeness (QED) is 0.896. The van der Waals surface area contributed by atoms with Crippen LogP contribution in [-0.4, -0.2) is 28.5 Å². The predicted octanol–water partition coefficient (Wildman–Crippen LogP) is 3.15. The van der Waals surface area contributed by atoms with Gasteiger partial charge in [-0.2, -0.15) is 0 Å². The Hall–Kier alpha value is -1.35. The van der Waals surface area contributed by atoms with Crippen LogP contribution in [0.2, 0.25) is 0 Å². The van der Waals surface area contributed by atoms with Crippen LogP contribution in [0.1, 0.15) is 51.2 Å². The fourth-order valence-corrected chi connectivity index (χ4v) is 2.94. The minimum atomic E-state index is -0.478. The number of aliphatic hydroxyl groups excluding tert-OH is 1.